The van der Waals surface area contributed by atoms with Crippen LogP contribution < -0.4 is 20.5 Å². The number of imidazole rings is 1. The minimum absolute atomic E-state index is 0.248. The van der Waals surface area contributed by atoms with E-state index in [0.29, 0.717) is 47.9 Å². The van der Waals surface area contributed by atoms with Crippen molar-refractivity contribution in [2.24, 2.45) is 5.73 Å². The molecule has 188 valence electrons. The van der Waals surface area contributed by atoms with Crippen molar-refractivity contribution >= 4 is 39.7 Å². The molecule has 0 aliphatic rings. The number of nitrogens with two attached hydrogens (primary N) is 1. The number of thiazole rings is 1. The Hall–Kier alpha value is -4.51. The summed E-state index contributed by atoms with van der Waals surface area (Å²) in [7, 11) is 0. The fourth-order valence-corrected chi connectivity index (χ4v) is 4.62. The van der Waals surface area contributed by atoms with Crippen LogP contribution in [-0.2, 0) is 6.54 Å². The van der Waals surface area contributed by atoms with Gasteiger partial charge in [0.05, 0.1) is 31.6 Å². The molecule has 3 aromatic heterocycles. The number of carbonyl (C=O) groups is 1. The number of fused-ring (bicyclic) bond motifs is 1. The van der Waals surface area contributed by atoms with E-state index in [1.54, 1.807) is 17.9 Å². The summed E-state index contributed by atoms with van der Waals surface area (Å²) in [6, 6.07) is 11.5. The highest BCUT2D eigenvalue weighted by atomic mass is 32.1. The molecule has 5 rings (SSSR count). The zero-order valence-corrected chi connectivity index (χ0v) is 21.2. The van der Waals surface area contributed by atoms with Crippen LogP contribution in [0.5, 0.6) is 11.5 Å². The molecule has 0 spiro atoms. The number of anilines is 2. The van der Waals surface area contributed by atoms with Crippen LogP contribution in [0.1, 0.15) is 30.2 Å². The number of nitrogens with zero attached hydrogens (tertiary/aromatic N) is 5. The fourth-order valence-electron chi connectivity index (χ4n) is 3.82. The van der Waals surface area contributed by atoms with E-state index in [1.807, 2.05) is 61.0 Å². The van der Waals surface area contributed by atoms with E-state index in [-0.39, 0.29) is 5.69 Å². The molecule has 3 heterocycles. The van der Waals surface area contributed by atoms with Gasteiger partial charge >= 0.3 is 0 Å². The van der Waals surface area contributed by atoms with E-state index in [0.717, 1.165) is 22.2 Å². The van der Waals surface area contributed by atoms with Crippen molar-refractivity contribution in [2.45, 2.75) is 20.4 Å². The lowest BCUT2D eigenvalue weighted by Crippen LogP contribution is -2.10. The normalized spacial score (nSPS) is 11.0. The molecule has 10 nitrogen and oxygen atoms in total. The summed E-state index contributed by atoms with van der Waals surface area (Å²) < 4.78 is 13.6. The van der Waals surface area contributed by atoms with Gasteiger partial charge in [-0.2, -0.15) is 0 Å². The summed E-state index contributed by atoms with van der Waals surface area (Å²) in [6.45, 7) is 5.31. The average Bonchev–Trinajstić information content (AvgIpc) is 3.58. The van der Waals surface area contributed by atoms with Gasteiger partial charge in [-0.3, -0.25) is 4.79 Å². The number of nitrogens with one attached hydrogen (secondary N) is 1. The standard InChI is InChI=1S/C26H25N7O3S/c1-3-35-21-11-18-19(12-22(21)36-4-2)30-23(13-33-9-8-28-15-33)32-25(18)29-17-7-5-6-16(10-17)26-31-20(14-37-26)24(27)34/h5-12,14-15H,3-4,13H2,1-2H3,(H2,27,34)(H,29,30,32). The van der Waals surface area contributed by atoms with Crippen LogP contribution in [-0.4, -0.2) is 43.6 Å². The largest absolute Gasteiger partial charge is 0.490 e. The molecule has 11 heteroatoms. The Morgan fingerprint density at radius 3 is 2.59 bits per heavy atom. The van der Waals surface area contributed by atoms with Crippen LogP contribution in [0.3, 0.4) is 0 Å². The molecule has 2 aromatic carbocycles. The summed E-state index contributed by atoms with van der Waals surface area (Å²) in [5.74, 6) is 1.94. The van der Waals surface area contributed by atoms with Crippen molar-refractivity contribution < 1.29 is 14.3 Å². The molecule has 0 fully saturated rings. The molecule has 37 heavy (non-hydrogen) atoms. The molecule has 3 N–H and O–H groups in total. The van der Waals surface area contributed by atoms with Gasteiger partial charge in [0.15, 0.2) is 17.3 Å². The second-order valence-electron chi connectivity index (χ2n) is 8.01. The van der Waals surface area contributed by atoms with Crippen LogP contribution in [0.25, 0.3) is 21.5 Å². The number of hydrogen-bond donors (Lipinski definition) is 2. The maximum atomic E-state index is 11.5. The minimum Gasteiger partial charge on any atom is -0.490 e. The molecule has 0 radical (unpaired) electrons. The third-order valence-corrected chi connectivity index (χ3v) is 6.31. The quantitative estimate of drug-likeness (QED) is 0.275. The van der Waals surface area contributed by atoms with E-state index < -0.39 is 5.91 Å². The summed E-state index contributed by atoms with van der Waals surface area (Å²) in [6.07, 6.45) is 5.31. The van der Waals surface area contributed by atoms with E-state index in [9.17, 15) is 4.79 Å². The highest BCUT2D eigenvalue weighted by Crippen LogP contribution is 2.36. The van der Waals surface area contributed by atoms with Gasteiger partial charge in [0.1, 0.15) is 16.5 Å². The van der Waals surface area contributed by atoms with Gasteiger partial charge in [-0.05, 0) is 32.0 Å². The highest BCUT2D eigenvalue weighted by molar-refractivity contribution is 7.13. The molecular formula is C26H25N7O3S. The van der Waals surface area contributed by atoms with Crippen LogP contribution in [0.15, 0.2) is 60.5 Å². The van der Waals surface area contributed by atoms with Crippen LogP contribution >= 0.6 is 11.3 Å². The van der Waals surface area contributed by atoms with Gasteiger partial charge in [0.2, 0.25) is 0 Å². The Kier molecular flexibility index (Phi) is 6.95. The van der Waals surface area contributed by atoms with Crippen LogP contribution in [0.4, 0.5) is 11.5 Å². The zero-order valence-electron chi connectivity index (χ0n) is 20.3. The average molecular weight is 516 g/mol. The van der Waals surface area contributed by atoms with Gasteiger partial charge in [-0.1, -0.05) is 12.1 Å². The molecule has 1 amide bonds. The Balaban J connectivity index is 1.57. The third kappa shape index (κ3) is 5.36. The maximum absolute atomic E-state index is 11.5. The Morgan fingerprint density at radius 2 is 1.89 bits per heavy atom. The first kappa shape index (κ1) is 24.2. The van der Waals surface area contributed by atoms with Crippen LogP contribution in [0, 0.1) is 0 Å². The SMILES string of the molecule is CCOc1cc2nc(Cn3ccnc3)nc(Nc3cccc(-c4nc(C(N)=O)cs4)c3)c2cc1OCC. The molecular weight excluding hydrogens is 490 g/mol. The van der Waals surface area contributed by atoms with Crippen molar-refractivity contribution in [1.82, 2.24) is 24.5 Å². The topological polar surface area (TPSA) is 130 Å². The van der Waals surface area contributed by atoms with Crippen molar-refractivity contribution in [3.63, 3.8) is 0 Å². The lowest BCUT2D eigenvalue weighted by Gasteiger charge is -2.16. The Bertz CT molecular complexity index is 1550. The van der Waals surface area contributed by atoms with Crippen molar-refractivity contribution in [1.29, 1.82) is 0 Å². The second-order valence-corrected chi connectivity index (χ2v) is 8.87. The predicted molar refractivity (Wildman–Crippen MR) is 143 cm³/mol. The molecule has 0 saturated carbocycles. The number of hydrogen-bond acceptors (Lipinski definition) is 9. The van der Waals surface area contributed by atoms with Crippen molar-refractivity contribution in [2.75, 3.05) is 18.5 Å². The number of rotatable bonds is 10. The molecule has 0 unspecified atom stereocenters. The fraction of sp³-hybridized carbons (Fsp3) is 0.192. The molecule has 5 aromatic rings. The van der Waals surface area contributed by atoms with E-state index in [4.69, 9.17) is 25.2 Å². The lowest BCUT2D eigenvalue weighted by atomic mass is 10.1. The number of ether oxygens (including phenoxy) is 2. The first-order chi connectivity index (χ1) is 18.0. The van der Waals surface area contributed by atoms with Gasteiger partial charge in [0, 0.05) is 40.5 Å². The third-order valence-electron chi connectivity index (χ3n) is 5.42. The number of aromatic nitrogens is 5. The van der Waals surface area contributed by atoms with E-state index >= 15 is 0 Å². The Labute approximate surface area is 217 Å². The highest BCUT2D eigenvalue weighted by Gasteiger charge is 2.16. The molecule has 0 aliphatic heterocycles. The van der Waals surface area contributed by atoms with Crippen molar-refractivity contribution in [3.05, 3.63) is 72.0 Å². The van der Waals surface area contributed by atoms with Gasteiger partial charge in [-0.15, -0.1) is 11.3 Å². The van der Waals surface area contributed by atoms with Crippen LogP contribution in [0.2, 0.25) is 0 Å². The number of primary amides is 1. The zero-order chi connectivity index (χ0) is 25.8. The number of benzene rings is 2. The summed E-state index contributed by atoms with van der Waals surface area (Å²) in [5.41, 5.74) is 8.00. The molecule has 0 saturated heterocycles. The molecule has 0 bridgehead atoms. The molecule has 0 aliphatic carbocycles. The van der Waals surface area contributed by atoms with Gasteiger partial charge in [-0.25, -0.2) is 19.9 Å². The summed E-state index contributed by atoms with van der Waals surface area (Å²) >= 11 is 1.36. The van der Waals surface area contributed by atoms with Crippen molar-refractivity contribution in [3.8, 4) is 22.1 Å². The van der Waals surface area contributed by atoms with E-state index in [2.05, 4.69) is 15.3 Å². The Morgan fingerprint density at radius 1 is 1.08 bits per heavy atom. The minimum atomic E-state index is -0.550. The monoisotopic (exact) mass is 515 g/mol. The predicted octanol–water partition coefficient (Wildman–Crippen LogP) is 4.64. The smallest absolute Gasteiger partial charge is 0.268 e. The number of amides is 1. The maximum Gasteiger partial charge on any atom is 0.268 e. The summed E-state index contributed by atoms with van der Waals surface area (Å²) in [4.78, 5) is 29.6. The molecule has 0 atom stereocenters. The van der Waals surface area contributed by atoms with Gasteiger partial charge < -0.3 is 25.1 Å². The number of carbonyl (C=O) groups excluding carboxylic acids is 1. The van der Waals surface area contributed by atoms with E-state index in [1.165, 1.54) is 11.3 Å². The van der Waals surface area contributed by atoms with Gasteiger partial charge in [0.25, 0.3) is 5.91 Å². The lowest BCUT2D eigenvalue weighted by molar-refractivity contribution is 0.0996. The second kappa shape index (κ2) is 10.6. The summed E-state index contributed by atoms with van der Waals surface area (Å²) in [5, 5.41) is 6.58. The first-order valence-corrected chi connectivity index (χ1v) is 12.6. The first-order valence-electron chi connectivity index (χ1n) is 11.7.